The second kappa shape index (κ2) is 7.07. The van der Waals surface area contributed by atoms with E-state index in [1.165, 1.54) is 4.31 Å². The molecule has 2 fully saturated rings. The Hall–Kier alpha value is -1.31. The van der Waals surface area contributed by atoms with E-state index in [0.717, 1.165) is 12.8 Å². The Morgan fingerprint density at radius 1 is 1.39 bits per heavy atom. The van der Waals surface area contributed by atoms with Crippen molar-refractivity contribution in [3.8, 4) is 0 Å². The van der Waals surface area contributed by atoms with Crippen LogP contribution in [0, 0.1) is 5.92 Å². The number of sulfonamides is 1. The summed E-state index contributed by atoms with van der Waals surface area (Å²) in [5, 5.41) is 2.95. The average Bonchev–Trinajstić information content (AvgIpc) is 3.28. The largest absolute Gasteiger partial charge is 0.348 e. The summed E-state index contributed by atoms with van der Waals surface area (Å²) in [4.78, 5) is 12.3. The molecule has 1 heterocycles. The maximum atomic E-state index is 12.3. The van der Waals surface area contributed by atoms with Crippen LogP contribution in [0.2, 0.25) is 0 Å². The van der Waals surface area contributed by atoms with Gasteiger partial charge in [-0.25, -0.2) is 8.42 Å². The SMILES string of the molecule is Cl.NCC(NC(=O)c1cccc(N2CCCS2(=O)=O)c1)C1CC1. The van der Waals surface area contributed by atoms with Crippen molar-refractivity contribution < 1.29 is 13.2 Å². The number of benzene rings is 1. The molecule has 3 N–H and O–H groups in total. The van der Waals surface area contributed by atoms with Crippen LogP contribution in [0.3, 0.4) is 0 Å². The molecule has 8 heteroatoms. The highest BCUT2D eigenvalue weighted by atomic mass is 35.5. The van der Waals surface area contributed by atoms with Crippen molar-refractivity contribution in [3.05, 3.63) is 29.8 Å². The molecule has 1 atom stereocenters. The molecule has 6 nitrogen and oxygen atoms in total. The van der Waals surface area contributed by atoms with Gasteiger partial charge < -0.3 is 11.1 Å². The number of anilines is 1. The lowest BCUT2D eigenvalue weighted by Crippen LogP contribution is -2.41. The van der Waals surface area contributed by atoms with Gasteiger partial charge in [0.05, 0.1) is 11.4 Å². The van der Waals surface area contributed by atoms with Gasteiger partial charge in [-0.15, -0.1) is 12.4 Å². The maximum absolute atomic E-state index is 12.3. The Balaban J connectivity index is 0.00000192. The summed E-state index contributed by atoms with van der Waals surface area (Å²) in [6, 6.07) is 6.78. The van der Waals surface area contributed by atoms with Crippen LogP contribution in [0.25, 0.3) is 0 Å². The zero-order valence-corrected chi connectivity index (χ0v) is 14.4. The van der Waals surface area contributed by atoms with E-state index in [0.29, 0.717) is 36.7 Å². The highest BCUT2D eigenvalue weighted by Crippen LogP contribution is 2.32. The van der Waals surface area contributed by atoms with Crippen molar-refractivity contribution in [2.24, 2.45) is 11.7 Å². The standard InChI is InChI=1S/C15H21N3O3S.ClH/c16-10-14(11-5-6-11)17-15(19)12-3-1-4-13(9-12)18-7-2-8-22(18,20)21;/h1,3-4,9,11,14H,2,5-8,10,16H2,(H,17,19);1H. The van der Waals surface area contributed by atoms with E-state index in [4.69, 9.17) is 5.73 Å². The lowest BCUT2D eigenvalue weighted by Gasteiger charge is -2.19. The number of nitrogens with one attached hydrogen (secondary N) is 1. The first-order valence-corrected chi connectivity index (χ1v) is 9.23. The zero-order valence-electron chi connectivity index (χ0n) is 12.8. The molecule has 1 saturated carbocycles. The van der Waals surface area contributed by atoms with Crippen LogP contribution in [0.4, 0.5) is 5.69 Å². The first-order valence-electron chi connectivity index (χ1n) is 7.62. The number of nitrogens with two attached hydrogens (primary N) is 1. The van der Waals surface area contributed by atoms with E-state index in [1.807, 2.05) is 0 Å². The van der Waals surface area contributed by atoms with Gasteiger partial charge in [0.1, 0.15) is 0 Å². The monoisotopic (exact) mass is 359 g/mol. The Kier molecular flexibility index (Phi) is 5.54. The molecule has 1 unspecified atom stereocenters. The number of amides is 1. The second-order valence-corrected chi connectivity index (χ2v) is 7.96. The molecule has 1 aromatic carbocycles. The van der Waals surface area contributed by atoms with Gasteiger partial charge in [-0.2, -0.15) is 0 Å². The van der Waals surface area contributed by atoms with Gasteiger partial charge >= 0.3 is 0 Å². The van der Waals surface area contributed by atoms with Crippen molar-refractivity contribution in [3.63, 3.8) is 0 Å². The van der Waals surface area contributed by atoms with Crippen LogP contribution in [-0.4, -0.2) is 39.2 Å². The normalized spacial score (nSPS) is 20.7. The lowest BCUT2D eigenvalue weighted by molar-refractivity contribution is 0.0933. The first kappa shape index (κ1) is 18.0. The Labute approximate surface area is 142 Å². The van der Waals surface area contributed by atoms with E-state index >= 15 is 0 Å². The maximum Gasteiger partial charge on any atom is 0.251 e. The summed E-state index contributed by atoms with van der Waals surface area (Å²) in [7, 11) is -3.23. The molecule has 1 aliphatic carbocycles. The third kappa shape index (κ3) is 3.97. The third-order valence-corrected chi connectivity index (χ3v) is 6.13. The van der Waals surface area contributed by atoms with E-state index in [-0.39, 0.29) is 30.1 Å². The number of halogens is 1. The fraction of sp³-hybridized carbons (Fsp3) is 0.533. The Morgan fingerprint density at radius 3 is 2.70 bits per heavy atom. The summed E-state index contributed by atoms with van der Waals surface area (Å²) >= 11 is 0. The number of rotatable bonds is 5. The van der Waals surface area contributed by atoms with Gasteiger partial charge in [-0.1, -0.05) is 6.07 Å². The fourth-order valence-corrected chi connectivity index (χ4v) is 4.41. The smallest absolute Gasteiger partial charge is 0.251 e. The second-order valence-electron chi connectivity index (χ2n) is 5.95. The minimum Gasteiger partial charge on any atom is -0.348 e. The number of carbonyl (C=O) groups excluding carboxylic acids is 1. The first-order chi connectivity index (χ1) is 10.5. The van der Waals surface area contributed by atoms with Crippen molar-refractivity contribution >= 4 is 34.0 Å². The number of hydrogen-bond acceptors (Lipinski definition) is 4. The van der Waals surface area contributed by atoms with Crippen LogP contribution < -0.4 is 15.4 Å². The van der Waals surface area contributed by atoms with Crippen molar-refractivity contribution in [2.75, 3.05) is 23.1 Å². The summed E-state index contributed by atoms with van der Waals surface area (Å²) in [5.41, 5.74) is 6.73. The molecule has 1 aromatic rings. The van der Waals surface area contributed by atoms with Gasteiger partial charge in [0, 0.05) is 24.7 Å². The van der Waals surface area contributed by atoms with Crippen LogP contribution >= 0.6 is 12.4 Å². The summed E-state index contributed by atoms with van der Waals surface area (Å²) in [6.45, 7) is 0.900. The van der Waals surface area contributed by atoms with E-state index in [9.17, 15) is 13.2 Å². The number of carbonyl (C=O) groups is 1. The quantitative estimate of drug-likeness (QED) is 0.823. The average molecular weight is 360 g/mol. The minimum atomic E-state index is -3.23. The third-order valence-electron chi connectivity index (χ3n) is 4.26. The molecule has 23 heavy (non-hydrogen) atoms. The summed E-state index contributed by atoms with van der Waals surface area (Å²) in [5.74, 6) is 0.456. The summed E-state index contributed by atoms with van der Waals surface area (Å²) in [6.07, 6.45) is 2.83. The Bertz CT molecular complexity index is 676. The van der Waals surface area contributed by atoms with Gasteiger partial charge in [0.2, 0.25) is 10.0 Å². The summed E-state index contributed by atoms with van der Waals surface area (Å²) < 4.78 is 25.3. The molecule has 1 saturated heterocycles. The lowest BCUT2D eigenvalue weighted by atomic mass is 10.1. The van der Waals surface area contributed by atoms with E-state index in [1.54, 1.807) is 24.3 Å². The molecule has 0 spiro atoms. The molecule has 128 valence electrons. The van der Waals surface area contributed by atoms with Crippen molar-refractivity contribution in [1.29, 1.82) is 0 Å². The van der Waals surface area contributed by atoms with Crippen molar-refractivity contribution in [1.82, 2.24) is 5.32 Å². The molecule has 0 bridgehead atoms. The van der Waals surface area contributed by atoms with Crippen LogP contribution in [0.1, 0.15) is 29.6 Å². The Morgan fingerprint density at radius 2 is 2.13 bits per heavy atom. The minimum absolute atomic E-state index is 0. The highest BCUT2D eigenvalue weighted by Gasteiger charge is 2.32. The van der Waals surface area contributed by atoms with Gasteiger partial charge in [-0.3, -0.25) is 9.10 Å². The molecule has 0 aromatic heterocycles. The molecule has 1 aliphatic heterocycles. The highest BCUT2D eigenvalue weighted by molar-refractivity contribution is 7.93. The molecular formula is C15H22ClN3O3S. The van der Waals surface area contributed by atoms with Crippen molar-refractivity contribution in [2.45, 2.75) is 25.3 Å². The van der Waals surface area contributed by atoms with Crippen LogP contribution in [0.15, 0.2) is 24.3 Å². The number of hydrogen-bond donors (Lipinski definition) is 2. The number of nitrogens with zero attached hydrogens (tertiary/aromatic N) is 1. The zero-order chi connectivity index (χ0) is 15.7. The van der Waals surface area contributed by atoms with Crippen LogP contribution in [0.5, 0.6) is 0 Å². The van der Waals surface area contributed by atoms with Gasteiger partial charge in [0.25, 0.3) is 5.91 Å². The van der Waals surface area contributed by atoms with E-state index in [2.05, 4.69) is 5.32 Å². The van der Waals surface area contributed by atoms with Crippen LogP contribution in [-0.2, 0) is 10.0 Å². The van der Waals surface area contributed by atoms with Gasteiger partial charge in [-0.05, 0) is 43.4 Å². The molecule has 2 aliphatic rings. The molecular weight excluding hydrogens is 338 g/mol. The molecule has 3 rings (SSSR count). The van der Waals surface area contributed by atoms with Gasteiger partial charge in [0.15, 0.2) is 0 Å². The molecule has 1 amide bonds. The topological polar surface area (TPSA) is 92.5 Å². The predicted octanol–water partition coefficient (Wildman–Crippen LogP) is 1.12. The fourth-order valence-electron chi connectivity index (χ4n) is 2.85. The predicted molar refractivity (Wildman–Crippen MR) is 92.5 cm³/mol. The molecule has 0 radical (unpaired) electrons. The van der Waals surface area contributed by atoms with E-state index < -0.39 is 10.0 Å².